The van der Waals surface area contributed by atoms with Crippen LogP contribution in [0.5, 0.6) is 5.75 Å². The quantitative estimate of drug-likeness (QED) is 0.630. The first-order valence-electron chi connectivity index (χ1n) is 9.94. The fourth-order valence-corrected chi connectivity index (χ4v) is 3.74. The van der Waals surface area contributed by atoms with E-state index in [-0.39, 0.29) is 5.91 Å². The minimum atomic E-state index is -0.578. The topological polar surface area (TPSA) is 38.3 Å². The number of amides is 1. The SMILES string of the molecule is CC(Oc1ccc2c(c1)CCCC2)C(=O)Nc1ccccc1-c1ccccc1. The van der Waals surface area contributed by atoms with Gasteiger partial charge in [0.1, 0.15) is 5.75 Å². The number of rotatable bonds is 5. The molecule has 4 rings (SSSR count). The molecule has 3 aromatic rings. The van der Waals surface area contributed by atoms with Crippen molar-refractivity contribution in [2.75, 3.05) is 5.32 Å². The summed E-state index contributed by atoms with van der Waals surface area (Å²) in [6, 6.07) is 24.1. The molecule has 1 aliphatic rings. The molecular weight excluding hydrogens is 346 g/mol. The van der Waals surface area contributed by atoms with Crippen molar-refractivity contribution in [1.82, 2.24) is 0 Å². The summed E-state index contributed by atoms with van der Waals surface area (Å²) in [7, 11) is 0. The zero-order valence-corrected chi connectivity index (χ0v) is 16.2. The molecular formula is C25H25NO2. The van der Waals surface area contributed by atoms with Gasteiger partial charge < -0.3 is 10.1 Å². The van der Waals surface area contributed by atoms with Crippen molar-refractivity contribution in [3.05, 3.63) is 83.9 Å². The van der Waals surface area contributed by atoms with E-state index >= 15 is 0 Å². The molecule has 0 fully saturated rings. The van der Waals surface area contributed by atoms with Crippen molar-refractivity contribution >= 4 is 11.6 Å². The van der Waals surface area contributed by atoms with Crippen molar-refractivity contribution in [2.45, 2.75) is 38.7 Å². The number of ether oxygens (including phenoxy) is 1. The van der Waals surface area contributed by atoms with Crippen LogP contribution < -0.4 is 10.1 Å². The van der Waals surface area contributed by atoms with Crippen molar-refractivity contribution in [2.24, 2.45) is 0 Å². The Morgan fingerprint density at radius 2 is 1.61 bits per heavy atom. The third-order valence-corrected chi connectivity index (χ3v) is 5.27. The van der Waals surface area contributed by atoms with E-state index in [1.165, 1.54) is 24.0 Å². The molecule has 3 heteroatoms. The van der Waals surface area contributed by atoms with Gasteiger partial charge in [-0.2, -0.15) is 0 Å². The van der Waals surface area contributed by atoms with Gasteiger partial charge in [0.15, 0.2) is 6.10 Å². The predicted molar refractivity (Wildman–Crippen MR) is 114 cm³/mol. The number of para-hydroxylation sites is 1. The third-order valence-electron chi connectivity index (χ3n) is 5.27. The smallest absolute Gasteiger partial charge is 0.265 e. The second-order valence-electron chi connectivity index (χ2n) is 7.30. The van der Waals surface area contributed by atoms with Crippen LogP contribution >= 0.6 is 0 Å². The average Bonchev–Trinajstić information content (AvgIpc) is 2.74. The number of hydrogen-bond donors (Lipinski definition) is 1. The van der Waals surface area contributed by atoms with Crippen molar-refractivity contribution in [3.8, 4) is 16.9 Å². The summed E-state index contributed by atoms with van der Waals surface area (Å²) in [6.07, 6.45) is 4.14. The van der Waals surface area contributed by atoms with Gasteiger partial charge in [-0.15, -0.1) is 0 Å². The van der Waals surface area contributed by atoms with Crippen LogP contribution in [0, 0.1) is 0 Å². The fourth-order valence-electron chi connectivity index (χ4n) is 3.74. The number of aryl methyl sites for hydroxylation is 2. The van der Waals surface area contributed by atoms with Gasteiger partial charge >= 0.3 is 0 Å². The van der Waals surface area contributed by atoms with E-state index in [1.807, 2.05) is 60.7 Å². The number of anilines is 1. The average molecular weight is 371 g/mol. The van der Waals surface area contributed by atoms with Crippen LogP contribution in [0.3, 0.4) is 0 Å². The zero-order valence-electron chi connectivity index (χ0n) is 16.2. The number of carbonyl (C=O) groups is 1. The number of fused-ring (bicyclic) bond motifs is 1. The molecule has 1 atom stereocenters. The van der Waals surface area contributed by atoms with Gasteiger partial charge in [0.25, 0.3) is 5.91 Å². The zero-order chi connectivity index (χ0) is 19.3. The van der Waals surface area contributed by atoms with Gasteiger partial charge in [-0.1, -0.05) is 54.6 Å². The number of nitrogens with one attached hydrogen (secondary N) is 1. The molecule has 3 aromatic carbocycles. The van der Waals surface area contributed by atoms with Crippen LogP contribution in [0.15, 0.2) is 72.8 Å². The van der Waals surface area contributed by atoms with E-state index in [0.29, 0.717) is 0 Å². The second-order valence-corrected chi connectivity index (χ2v) is 7.30. The maximum Gasteiger partial charge on any atom is 0.265 e. The molecule has 0 aliphatic heterocycles. The standard InChI is InChI=1S/C25H25NO2/c1-18(28-22-16-15-19-9-5-6-12-21(19)17-22)25(27)26-24-14-8-7-13-23(24)20-10-3-2-4-11-20/h2-4,7-8,10-11,13-18H,5-6,9,12H2,1H3,(H,26,27). The first kappa shape index (κ1) is 18.3. The summed E-state index contributed by atoms with van der Waals surface area (Å²) in [5.41, 5.74) is 5.62. The monoisotopic (exact) mass is 371 g/mol. The molecule has 0 saturated heterocycles. The van der Waals surface area contributed by atoms with Crippen LogP contribution in [0.2, 0.25) is 0 Å². The van der Waals surface area contributed by atoms with Crippen LogP contribution in [0.1, 0.15) is 30.9 Å². The molecule has 0 heterocycles. The number of benzene rings is 3. The third kappa shape index (κ3) is 4.09. The summed E-state index contributed by atoms with van der Waals surface area (Å²) >= 11 is 0. The van der Waals surface area contributed by atoms with Gasteiger partial charge in [0, 0.05) is 11.3 Å². The number of carbonyl (C=O) groups excluding carboxylic acids is 1. The van der Waals surface area contributed by atoms with Gasteiger partial charge in [-0.05, 0) is 67.5 Å². The Balaban J connectivity index is 1.47. The summed E-state index contributed by atoms with van der Waals surface area (Å²) in [5, 5.41) is 3.03. The Hall–Kier alpha value is -3.07. The highest BCUT2D eigenvalue weighted by Gasteiger charge is 2.18. The molecule has 0 spiro atoms. The molecule has 1 N–H and O–H groups in total. The van der Waals surface area contributed by atoms with Gasteiger partial charge in [0.2, 0.25) is 0 Å². The highest BCUT2D eigenvalue weighted by atomic mass is 16.5. The molecule has 0 aromatic heterocycles. The Morgan fingerprint density at radius 1 is 0.893 bits per heavy atom. The summed E-state index contributed by atoms with van der Waals surface area (Å²) in [5.74, 6) is 0.612. The van der Waals surface area contributed by atoms with Crippen LogP contribution in [-0.4, -0.2) is 12.0 Å². The predicted octanol–water partition coefficient (Wildman–Crippen LogP) is 5.64. The minimum Gasteiger partial charge on any atom is -0.481 e. The van der Waals surface area contributed by atoms with Crippen molar-refractivity contribution in [1.29, 1.82) is 0 Å². The minimum absolute atomic E-state index is 0.152. The van der Waals surface area contributed by atoms with E-state index in [4.69, 9.17) is 4.74 Å². The Labute approximate surface area is 166 Å². The maximum atomic E-state index is 12.8. The molecule has 142 valence electrons. The largest absolute Gasteiger partial charge is 0.481 e. The Bertz CT molecular complexity index is 965. The lowest BCUT2D eigenvalue weighted by molar-refractivity contribution is -0.122. The molecule has 3 nitrogen and oxygen atoms in total. The van der Waals surface area contributed by atoms with Crippen molar-refractivity contribution in [3.63, 3.8) is 0 Å². The number of hydrogen-bond acceptors (Lipinski definition) is 2. The highest BCUT2D eigenvalue weighted by molar-refractivity contribution is 5.98. The van der Waals surface area contributed by atoms with E-state index in [2.05, 4.69) is 17.4 Å². The Morgan fingerprint density at radius 3 is 2.43 bits per heavy atom. The van der Waals surface area contributed by atoms with Crippen LogP contribution in [-0.2, 0) is 17.6 Å². The van der Waals surface area contributed by atoms with Crippen LogP contribution in [0.4, 0.5) is 5.69 Å². The summed E-state index contributed by atoms with van der Waals surface area (Å²) in [4.78, 5) is 12.8. The lowest BCUT2D eigenvalue weighted by Crippen LogP contribution is -2.30. The molecule has 1 amide bonds. The molecule has 28 heavy (non-hydrogen) atoms. The maximum absolute atomic E-state index is 12.8. The van der Waals surface area contributed by atoms with E-state index < -0.39 is 6.10 Å². The lowest BCUT2D eigenvalue weighted by atomic mass is 9.92. The lowest BCUT2D eigenvalue weighted by Gasteiger charge is -2.19. The van der Waals surface area contributed by atoms with Gasteiger partial charge in [-0.3, -0.25) is 4.79 Å². The molecule has 0 saturated carbocycles. The fraction of sp³-hybridized carbons (Fsp3) is 0.240. The molecule has 1 aliphatic carbocycles. The normalized spacial score (nSPS) is 14.0. The molecule has 0 bridgehead atoms. The first-order chi connectivity index (χ1) is 13.7. The van der Waals surface area contributed by atoms with Gasteiger partial charge in [0.05, 0.1) is 0 Å². The first-order valence-corrected chi connectivity index (χ1v) is 9.94. The summed E-state index contributed by atoms with van der Waals surface area (Å²) in [6.45, 7) is 1.79. The molecule has 1 unspecified atom stereocenters. The van der Waals surface area contributed by atoms with Crippen LogP contribution in [0.25, 0.3) is 11.1 Å². The summed E-state index contributed by atoms with van der Waals surface area (Å²) < 4.78 is 5.95. The van der Waals surface area contributed by atoms with E-state index in [0.717, 1.165) is 35.4 Å². The van der Waals surface area contributed by atoms with E-state index in [9.17, 15) is 4.79 Å². The second kappa shape index (κ2) is 8.30. The highest BCUT2D eigenvalue weighted by Crippen LogP contribution is 2.28. The van der Waals surface area contributed by atoms with E-state index in [1.54, 1.807) is 6.92 Å². The molecule has 0 radical (unpaired) electrons. The Kier molecular flexibility index (Phi) is 5.43. The van der Waals surface area contributed by atoms with Crippen molar-refractivity contribution < 1.29 is 9.53 Å². The van der Waals surface area contributed by atoms with Gasteiger partial charge in [-0.25, -0.2) is 0 Å².